The van der Waals surface area contributed by atoms with E-state index < -0.39 is 9.84 Å². The van der Waals surface area contributed by atoms with E-state index >= 15 is 0 Å². The molecule has 0 unspecified atom stereocenters. The highest BCUT2D eigenvalue weighted by Gasteiger charge is 2.21. The second-order valence-corrected chi connectivity index (χ2v) is 7.18. The van der Waals surface area contributed by atoms with Gasteiger partial charge in [0.25, 0.3) is 0 Å². The fraction of sp³-hybridized carbons (Fsp3) is 0.462. The van der Waals surface area contributed by atoms with Crippen molar-refractivity contribution in [3.05, 3.63) is 24.0 Å². The molecule has 0 radical (unpaired) electrons. The van der Waals surface area contributed by atoms with Crippen LogP contribution in [0.2, 0.25) is 0 Å². The predicted molar refractivity (Wildman–Crippen MR) is 73.7 cm³/mol. The number of aryl methyl sites for hydroxylation is 1. The van der Waals surface area contributed by atoms with Crippen LogP contribution in [-0.2, 0) is 23.4 Å². The Morgan fingerprint density at radius 1 is 1.42 bits per heavy atom. The maximum atomic E-state index is 11.5. The van der Waals surface area contributed by atoms with Crippen LogP contribution in [-0.4, -0.2) is 30.3 Å². The number of nitrogens with zero attached hydrogens (tertiary/aromatic N) is 2. The summed E-state index contributed by atoms with van der Waals surface area (Å²) in [5, 5.41) is 3.42. The van der Waals surface area contributed by atoms with Crippen LogP contribution >= 0.6 is 0 Å². The minimum absolute atomic E-state index is 0.319. The van der Waals surface area contributed by atoms with Crippen molar-refractivity contribution in [3.8, 4) is 0 Å². The molecule has 6 heteroatoms. The topological polar surface area (TPSA) is 64.0 Å². The highest BCUT2D eigenvalue weighted by atomic mass is 32.2. The van der Waals surface area contributed by atoms with Gasteiger partial charge in [0.15, 0.2) is 9.84 Å². The van der Waals surface area contributed by atoms with Gasteiger partial charge in [0, 0.05) is 19.3 Å². The molecule has 1 heterocycles. The Balaban J connectivity index is 1.99. The van der Waals surface area contributed by atoms with Gasteiger partial charge in [-0.05, 0) is 31.0 Å². The predicted octanol–water partition coefficient (Wildman–Crippen LogP) is 1.23. The molecule has 0 spiro atoms. The van der Waals surface area contributed by atoms with E-state index in [0.717, 1.165) is 23.4 Å². The fourth-order valence-electron chi connectivity index (χ4n) is 2.14. The molecular weight excluding hydrogens is 262 g/mol. The van der Waals surface area contributed by atoms with Gasteiger partial charge in [0.2, 0.25) is 0 Å². The lowest BCUT2D eigenvalue weighted by Crippen LogP contribution is -2.18. The number of benzene rings is 1. The van der Waals surface area contributed by atoms with Gasteiger partial charge in [0.05, 0.1) is 22.5 Å². The second-order valence-electron chi connectivity index (χ2n) is 5.16. The molecule has 0 atom stereocenters. The summed E-state index contributed by atoms with van der Waals surface area (Å²) in [6, 6.07) is 5.73. The molecule has 102 valence electrons. The molecule has 1 fully saturated rings. The summed E-state index contributed by atoms with van der Waals surface area (Å²) in [6.45, 7) is 0.726. The third-order valence-electron chi connectivity index (χ3n) is 3.50. The van der Waals surface area contributed by atoms with E-state index in [1.54, 1.807) is 12.1 Å². The van der Waals surface area contributed by atoms with Crippen molar-refractivity contribution in [3.63, 3.8) is 0 Å². The SMILES string of the molecule is Cn1c(CNC2CC2)nc2cc(S(C)(=O)=O)ccc21. The number of hydrogen-bond donors (Lipinski definition) is 1. The lowest BCUT2D eigenvalue weighted by molar-refractivity contribution is 0.602. The Morgan fingerprint density at radius 2 is 2.16 bits per heavy atom. The van der Waals surface area contributed by atoms with Crippen LogP contribution in [0.3, 0.4) is 0 Å². The van der Waals surface area contributed by atoms with Gasteiger partial charge in [0.1, 0.15) is 5.82 Å². The van der Waals surface area contributed by atoms with Crippen LogP contribution in [0.5, 0.6) is 0 Å². The van der Waals surface area contributed by atoms with E-state index in [2.05, 4.69) is 10.3 Å². The summed E-state index contributed by atoms with van der Waals surface area (Å²) in [5.41, 5.74) is 1.69. The zero-order chi connectivity index (χ0) is 13.6. The van der Waals surface area contributed by atoms with E-state index in [9.17, 15) is 8.42 Å². The normalized spacial score (nSPS) is 16.1. The van der Waals surface area contributed by atoms with E-state index in [4.69, 9.17) is 0 Å². The van der Waals surface area contributed by atoms with Gasteiger partial charge in [-0.15, -0.1) is 0 Å². The molecule has 1 aromatic carbocycles. The maximum Gasteiger partial charge on any atom is 0.175 e. The Hall–Kier alpha value is -1.40. The van der Waals surface area contributed by atoms with Crippen molar-refractivity contribution in [2.45, 2.75) is 30.3 Å². The van der Waals surface area contributed by atoms with Crippen LogP contribution in [0.15, 0.2) is 23.1 Å². The van der Waals surface area contributed by atoms with E-state index in [1.807, 2.05) is 17.7 Å². The summed E-state index contributed by atoms with van der Waals surface area (Å²) in [7, 11) is -1.22. The molecule has 0 amide bonds. The van der Waals surface area contributed by atoms with Gasteiger partial charge in [-0.25, -0.2) is 13.4 Å². The molecule has 5 nitrogen and oxygen atoms in total. The Bertz CT molecular complexity index is 730. The van der Waals surface area contributed by atoms with Crippen LogP contribution in [0, 0.1) is 0 Å². The molecule has 3 rings (SSSR count). The molecule has 1 saturated carbocycles. The largest absolute Gasteiger partial charge is 0.330 e. The van der Waals surface area contributed by atoms with E-state index in [1.165, 1.54) is 19.1 Å². The second kappa shape index (κ2) is 4.31. The minimum Gasteiger partial charge on any atom is -0.330 e. The molecule has 1 aliphatic rings. The Labute approximate surface area is 112 Å². The Kier molecular flexibility index (Phi) is 2.87. The average molecular weight is 279 g/mol. The van der Waals surface area contributed by atoms with Gasteiger partial charge < -0.3 is 9.88 Å². The quantitative estimate of drug-likeness (QED) is 0.914. The van der Waals surface area contributed by atoms with Crippen LogP contribution < -0.4 is 5.32 Å². The molecular formula is C13H17N3O2S. The molecule has 0 aliphatic heterocycles. The van der Waals surface area contributed by atoms with Crippen LogP contribution in [0.1, 0.15) is 18.7 Å². The van der Waals surface area contributed by atoms with Crippen molar-refractivity contribution < 1.29 is 8.42 Å². The van der Waals surface area contributed by atoms with Gasteiger partial charge >= 0.3 is 0 Å². The first-order valence-electron chi connectivity index (χ1n) is 6.34. The van der Waals surface area contributed by atoms with Crippen molar-refractivity contribution in [1.29, 1.82) is 0 Å². The molecule has 1 N–H and O–H groups in total. The van der Waals surface area contributed by atoms with E-state index in [-0.39, 0.29) is 0 Å². The first-order valence-corrected chi connectivity index (χ1v) is 8.23. The third kappa shape index (κ3) is 2.50. The monoisotopic (exact) mass is 279 g/mol. The first kappa shape index (κ1) is 12.6. The molecule has 1 aliphatic carbocycles. The molecule has 1 aromatic heterocycles. The average Bonchev–Trinajstić information content (AvgIpc) is 3.11. The van der Waals surface area contributed by atoms with Crippen molar-refractivity contribution >= 4 is 20.9 Å². The van der Waals surface area contributed by atoms with Gasteiger partial charge in [-0.3, -0.25) is 0 Å². The summed E-state index contributed by atoms with van der Waals surface area (Å²) in [5.74, 6) is 0.938. The summed E-state index contributed by atoms with van der Waals surface area (Å²) in [4.78, 5) is 4.84. The zero-order valence-electron chi connectivity index (χ0n) is 11.0. The summed E-state index contributed by atoms with van der Waals surface area (Å²) in [6.07, 6.45) is 3.69. The lowest BCUT2D eigenvalue weighted by Gasteiger charge is -2.03. The molecule has 0 saturated heterocycles. The number of sulfone groups is 1. The smallest absolute Gasteiger partial charge is 0.175 e. The third-order valence-corrected chi connectivity index (χ3v) is 4.61. The number of hydrogen-bond acceptors (Lipinski definition) is 4. The number of rotatable bonds is 4. The van der Waals surface area contributed by atoms with Crippen molar-refractivity contribution in [2.24, 2.45) is 7.05 Å². The van der Waals surface area contributed by atoms with Crippen molar-refractivity contribution in [1.82, 2.24) is 14.9 Å². The van der Waals surface area contributed by atoms with E-state index in [0.29, 0.717) is 10.9 Å². The minimum atomic E-state index is -3.18. The molecule has 0 bridgehead atoms. The number of fused-ring (bicyclic) bond motifs is 1. The van der Waals surface area contributed by atoms with Crippen LogP contribution in [0.25, 0.3) is 11.0 Å². The number of imidazole rings is 1. The summed E-state index contributed by atoms with van der Waals surface area (Å²) >= 11 is 0. The molecule has 2 aromatic rings. The first-order chi connectivity index (χ1) is 8.95. The maximum absolute atomic E-state index is 11.5. The highest BCUT2D eigenvalue weighted by Crippen LogP contribution is 2.22. The van der Waals surface area contributed by atoms with Crippen molar-refractivity contribution in [2.75, 3.05) is 6.26 Å². The van der Waals surface area contributed by atoms with Gasteiger partial charge in [-0.1, -0.05) is 0 Å². The Morgan fingerprint density at radius 3 is 2.79 bits per heavy atom. The number of nitrogens with one attached hydrogen (secondary N) is 1. The summed E-state index contributed by atoms with van der Waals surface area (Å²) < 4.78 is 25.1. The fourth-order valence-corrected chi connectivity index (χ4v) is 2.78. The standard InChI is InChI=1S/C13H17N3O2S/c1-16-12-6-5-10(19(2,17)18)7-11(12)15-13(16)8-14-9-3-4-9/h5-7,9,14H,3-4,8H2,1-2H3. The highest BCUT2D eigenvalue weighted by molar-refractivity contribution is 7.90. The lowest BCUT2D eigenvalue weighted by atomic mass is 10.3. The van der Waals surface area contributed by atoms with Gasteiger partial charge in [-0.2, -0.15) is 0 Å². The molecule has 19 heavy (non-hydrogen) atoms. The zero-order valence-corrected chi connectivity index (χ0v) is 11.9. The van der Waals surface area contributed by atoms with Crippen LogP contribution in [0.4, 0.5) is 0 Å². The number of aromatic nitrogens is 2.